The van der Waals surface area contributed by atoms with Gasteiger partial charge in [0.15, 0.2) is 11.3 Å². The van der Waals surface area contributed by atoms with Crippen LogP contribution in [0.25, 0.3) is 16.7 Å². The first-order chi connectivity index (χ1) is 17.2. The summed E-state index contributed by atoms with van der Waals surface area (Å²) in [7, 11) is 0. The van der Waals surface area contributed by atoms with Crippen LogP contribution in [0.2, 0.25) is 0 Å². The Hall–Kier alpha value is -3.59. The predicted molar refractivity (Wildman–Crippen MR) is 138 cm³/mol. The molecule has 9 heteroatoms. The van der Waals surface area contributed by atoms with Crippen molar-refractivity contribution in [3.05, 3.63) is 88.7 Å². The van der Waals surface area contributed by atoms with Crippen molar-refractivity contribution in [3.63, 3.8) is 0 Å². The van der Waals surface area contributed by atoms with Crippen molar-refractivity contribution in [2.24, 2.45) is 0 Å². The number of hydrogen-bond donors (Lipinski definition) is 2. The number of alkyl halides is 1. The third kappa shape index (κ3) is 4.51. The number of hydrogen-bond acceptors (Lipinski definition) is 4. The second-order valence-electron chi connectivity index (χ2n) is 9.25. The van der Waals surface area contributed by atoms with Crippen molar-refractivity contribution in [3.8, 4) is 5.69 Å². The van der Waals surface area contributed by atoms with E-state index in [0.717, 1.165) is 21.1 Å². The van der Waals surface area contributed by atoms with Gasteiger partial charge >= 0.3 is 0 Å². The number of benzene rings is 2. The van der Waals surface area contributed by atoms with Crippen molar-refractivity contribution in [2.75, 3.05) is 0 Å². The molecule has 0 spiro atoms. The first-order valence-electron chi connectivity index (χ1n) is 11.7. The van der Waals surface area contributed by atoms with Gasteiger partial charge < -0.3 is 10.6 Å². The topological polar surface area (TPSA) is 88.9 Å². The van der Waals surface area contributed by atoms with E-state index in [0.29, 0.717) is 11.2 Å². The Kier molecular flexibility index (Phi) is 6.34. The van der Waals surface area contributed by atoms with Gasteiger partial charge in [-0.05, 0) is 52.2 Å². The average molecular weight is 550 g/mol. The van der Waals surface area contributed by atoms with Gasteiger partial charge in [0.05, 0.1) is 24.0 Å². The summed E-state index contributed by atoms with van der Waals surface area (Å²) < 4.78 is 18.5. The monoisotopic (exact) mass is 549 g/mol. The van der Waals surface area contributed by atoms with E-state index in [-0.39, 0.29) is 12.3 Å². The first kappa shape index (κ1) is 24.1. The van der Waals surface area contributed by atoms with Crippen LogP contribution in [0.1, 0.15) is 43.4 Å². The van der Waals surface area contributed by atoms with Crippen molar-refractivity contribution in [2.45, 2.75) is 43.9 Å². The quantitative estimate of drug-likeness (QED) is 0.363. The van der Waals surface area contributed by atoms with Gasteiger partial charge in [0.2, 0.25) is 5.91 Å². The summed E-state index contributed by atoms with van der Waals surface area (Å²) >= 11 is 3.41. The number of nitrogens with one attached hydrogen (secondary N) is 2. The molecule has 2 N–H and O–H groups in total. The highest BCUT2D eigenvalue weighted by atomic mass is 79.9. The lowest BCUT2D eigenvalue weighted by atomic mass is 9.85. The Morgan fingerprint density at radius 2 is 1.92 bits per heavy atom. The van der Waals surface area contributed by atoms with E-state index >= 15 is 4.39 Å². The van der Waals surface area contributed by atoms with E-state index in [2.05, 4.69) is 36.6 Å². The molecule has 1 aliphatic heterocycles. The molecule has 3 heterocycles. The van der Waals surface area contributed by atoms with E-state index in [9.17, 15) is 9.59 Å². The highest BCUT2D eigenvalue weighted by Gasteiger charge is 2.43. The standard InChI is InChI=1S/C27H25BrFN5O2/c1-16(17-8-10-21(11-9-17)34-25-19(14-31-34)12-20(28)15-30-25)27(2,29)26(36)32-22-13-23(35)33-24(22)18-6-4-3-5-7-18/h3-12,14-16,22,24H,13H2,1-2H3,(H,32,36)(H,33,35)/t16?,22-,24+,27?/m0/s1. The van der Waals surface area contributed by atoms with Crippen molar-refractivity contribution < 1.29 is 14.0 Å². The molecule has 4 aromatic rings. The summed E-state index contributed by atoms with van der Waals surface area (Å²) in [5.41, 5.74) is 0.834. The Morgan fingerprint density at radius 1 is 1.19 bits per heavy atom. The molecule has 2 amide bonds. The largest absolute Gasteiger partial charge is 0.348 e. The predicted octanol–water partition coefficient (Wildman–Crippen LogP) is 4.76. The van der Waals surface area contributed by atoms with Crippen LogP contribution in [0.3, 0.4) is 0 Å². The zero-order valence-corrected chi connectivity index (χ0v) is 21.4. The second kappa shape index (κ2) is 9.46. The van der Waals surface area contributed by atoms with E-state index < -0.39 is 29.6 Å². The number of fused-ring (bicyclic) bond motifs is 1. The van der Waals surface area contributed by atoms with E-state index in [1.807, 2.05) is 48.5 Å². The van der Waals surface area contributed by atoms with Crippen LogP contribution < -0.4 is 10.6 Å². The van der Waals surface area contributed by atoms with Gasteiger partial charge in [-0.1, -0.05) is 49.4 Å². The van der Waals surface area contributed by atoms with Gasteiger partial charge in [0.1, 0.15) is 0 Å². The molecule has 1 aliphatic rings. The maximum Gasteiger partial charge on any atom is 0.258 e. The van der Waals surface area contributed by atoms with Crippen molar-refractivity contribution in [1.29, 1.82) is 0 Å². The maximum absolute atomic E-state index is 15.9. The number of aromatic nitrogens is 3. The Labute approximate surface area is 216 Å². The first-order valence-corrected chi connectivity index (χ1v) is 12.5. The molecule has 2 aromatic heterocycles. The van der Waals surface area contributed by atoms with Gasteiger partial charge in [0.25, 0.3) is 5.91 Å². The SMILES string of the molecule is CC(c1ccc(-n2ncc3cc(Br)cnc32)cc1)C(C)(F)C(=O)N[C@H]1CC(=O)N[C@@H]1c1ccccc1. The Balaban J connectivity index is 1.32. The van der Waals surface area contributed by atoms with Crippen molar-refractivity contribution in [1.82, 2.24) is 25.4 Å². The number of pyridine rings is 1. The molecule has 184 valence electrons. The molecular formula is C27H25BrFN5O2. The number of halogens is 2. The average Bonchev–Trinajstić information content (AvgIpc) is 3.46. The van der Waals surface area contributed by atoms with Crippen LogP contribution in [0.15, 0.2) is 77.5 Å². The molecule has 5 rings (SSSR count). The molecule has 0 bridgehead atoms. The van der Waals surface area contributed by atoms with Crippen LogP contribution in [0, 0.1) is 0 Å². The molecule has 1 fully saturated rings. The summed E-state index contributed by atoms with van der Waals surface area (Å²) in [6.07, 6.45) is 3.55. The summed E-state index contributed by atoms with van der Waals surface area (Å²) in [6.45, 7) is 2.97. The minimum Gasteiger partial charge on any atom is -0.348 e. The second-order valence-corrected chi connectivity index (χ2v) is 10.2. The van der Waals surface area contributed by atoms with Gasteiger partial charge in [-0.15, -0.1) is 0 Å². The number of rotatable bonds is 6. The highest BCUT2D eigenvalue weighted by molar-refractivity contribution is 9.10. The number of carbonyl (C=O) groups is 2. The van der Waals surface area contributed by atoms with E-state index in [4.69, 9.17) is 0 Å². The lowest BCUT2D eigenvalue weighted by Crippen LogP contribution is -2.49. The Morgan fingerprint density at radius 3 is 2.64 bits per heavy atom. The summed E-state index contributed by atoms with van der Waals surface area (Å²) in [5, 5.41) is 11.0. The summed E-state index contributed by atoms with van der Waals surface area (Å²) in [4.78, 5) is 29.6. The van der Waals surface area contributed by atoms with Crippen molar-refractivity contribution >= 4 is 38.8 Å². The third-order valence-electron chi connectivity index (χ3n) is 6.87. The van der Waals surface area contributed by atoms with Crippen LogP contribution in [0.5, 0.6) is 0 Å². The van der Waals surface area contributed by atoms with Gasteiger partial charge in [-0.3, -0.25) is 9.59 Å². The zero-order chi connectivity index (χ0) is 25.4. The third-order valence-corrected chi connectivity index (χ3v) is 7.30. The molecule has 2 unspecified atom stereocenters. The molecule has 36 heavy (non-hydrogen) atoms. The molecule has 4 atom stereocenters. The molecule has 1 saturated heterocycles. The molecule has 0 radical (unpaired) electrons. The fraction of sp³-hybridized carbons (Fsp3) is 0.259. The molecule has 0 saturated carbocycles. The van der Waals surface area contributed by atoms with Crippen LogP contribution >= 0.6 is 15.9 Å². The fourth-order valence-corrected chi connectivity index (χ4v) is 4.92. The maximum atomic E-state index is 15.9. The summed E-state index contributed by atoms with van der Waals surface area (Å²) in [5.74, 6) is -1.64. The molecule has 0 aliphatic carbocycles. The van der Waals surface area contributed by atoms with Gasteiger partial charge in [0, 0.05) is 28.4 Å². The highest BCUT2D eigenvalue weighted by Crippen LogP contribution is 2.34. The number of carbonyl (C=O) groups excluding carboxylic acids is 2. The molecule has 7 nitrogen and oxygen atoms in total. The van der Waals surface area contributed by atoms with Gasteiger partial charge in [-0.25, -0.2) is 14.1 Å². The van der Waals surface area contributed by atoms with Gasteiger partial charge in [-0.2, -0.15) is 5.10 Å². The Bertz CT molecular complexity index is 1420. The molecule has 2 aromatic carbocycles. The van der Waals surface area contributed by atoms with Crippen LogP contribution in [-0.4, -0.2) is 38.3 Å². The minimum atomic E-state index is -2.19. The van der Waals surface area contributed by atoms with E-state index in [1.54, 1.807) is 36.1 Å². The van der Waals surface area contributed by atoms with Crippen LogP contribution in [-0.2, 0) is 9.59 Å². The smallest absolute Gasteiger partial charge is 0.258 e. The lowest BCUT2D eigenvalue weighted by molar-refractivity contribution is -0.133. The number of amides is 2. The minimum absolute atomic E-state index is 0.104. The summed E-state index contributed by atoms with van der Waals surface area (Å²) in [6, 6.07) is 17.6. The van der Waals surface area contributed by atoms with Crippen LogP contribution in [0.4, 0.5) is 4.39 Å². The lowest BCUT2D eigenvalue weighted by Gasteiger charge is -2.30. The van der Waals surface area contributed by atoms with E-state index in [1.165, 1.54) is 6.92 Å². The fourth-order valence-electron chi connectivity index (χ4n) is 4.57. The normalized spacial score (nSPS) is 20.1. The number of nitrogens with zero attached hydrogens (tertiary/aromatic N) is 3. The molecular weight excluding hydrogens is 525 g/mol. The zero-order valence-electron chi connectivity index (χ0n) is 19.8.